The molecule has 2 aliphatic heterocycles. The van der Waals surface area contributed by atoms with Gasteiger partial charge in [-0.1, -0.05) is 12.1 Å². The lowest BCUT2D eigenvalue weighted by molar-refractivity contribution is 0.440. The van der Waals surface area contributed by atoms with Gasteiger partial charge in [-0.05, 0) is 40.5 Å². The molecule has 0 aliphatic carbocycles. The first-order chi connectivity index (χ1) is 6.86. The molecule has 2 heterocycles. The Hall–Kier alpha value is -0.540. The first-order valence-electron chi connectivity index (χ1n) is 5.12. The van der Waals surface area contributed by atoms with Crippen molar-refractivity contribution in [1.82, 2.24) is 5.32 Å². The maximum absolute atomic E-state index is 3.62. The summed E-state index contributed by atoms with van der Waals surface area (Å²) in [6.07, 6.45) is 1.23. The third kappa shape index (κ3) is 1.19. The maximum Gasteiger partial charge on any atom is 0.0523 e. The van der Waals surface area contributed by atoms with E-state index in [1.165, 1.54) is 22.1 Å². The van der Waals surface area contributed by atoms with Crippen LogP contribution in [0.4, 0.5) is 5.69 Å². The maximum atomic E-state index is 3.62. The summed E-state index contributed by atoms with van der Waals surface area (Å²) in [4.78, 5) is 0. The van der Waals surface area contributed by atoms with Gasteiger partial charge in [0.2, 0.25) is 0 Å². The molecule has 2 atom stereocenters. The molecular weight excluding hydrogens is 240 g/mol. The number of hydrogen-bond acceptors (Lipinski definition) is 2. The highest BCUT2D eigenvalue weighted by atomic mass is 79.9. The van der Waals surface area contributed by atoms with E-state index in [4.69, 9.17) is 0 Å². The lowest BCUT2D eigenvalue weighted by atomic mass is 9.91. The lowest BCUT2D eigenvalue weighted by Gasteiger charge is -2.26. The number of fused-ring (bicyclic) bond motifs is 3. The normalized spacial score (nSPS) is 29.2. The molecule has 2 unspecified atom stereocenters. The second-order valence-electron chi connectivity index (χ2n) is 4.05. The predicted molar refractivity (Wildman–Crippen MR) is 61.8 cm³/mol. The van der Waals surface area contributed by atoms with Crippen molar-refractivity contribution in [3.8, 4) is 0 Å². The van der Waals surface area contributed by atoms with Crippen LogP contribution in [0.2, 0.25) is 0 Å². The average molecular weight is 253 g/mol. The van der Waals surface area contributed by atoms with E-state index in [-0.39, 0.29) is 0 Å². The number of rotatable bonds is 0. The van der Waals surface area contributed by atoms with Crippen LogP contribution in [0, 0.1) is 0 Å². The van der Waals surface area contributed by atoms with E-state index in [0.717, 1.165) is 13.1 Å². The summed E-state index contributed by atoms with van der Waals surface area (Å²) in [6, 6.07) is 7.12. The number of anilines is 1. The number of para-hydroxylation sites is 1. The van der Waals surface area contributed by atoms with Crippen molar-refractivity contribution >= 4 is 21.6 Å². The van der Waals surface area contributed by atoms with Crippen molar-refractivity contribution in [2.45, 2.75) is 18.4 Å². The van der Waals surface area contributed by atoms with Crippen LogP contribution >= 0.6 is 15.9 Å². The molecule has 3 rings (SSSR count). The highest BCUT2D eigenvalue weighted by molar-refractivity contribution is 9.10. The van der Waals surface area contributed by atoms with Gasteiger partial charge < -0.3 is 10.6 Å². The monoisotopic (exact) mass is 252 g/mol. The average Bonchev–Trinajstić information content (AvgIpc) is 2.59. The van der Waals surface area contributed by atoms with Gasteiger partial charge in [0.1, 0.15) is 0 Å². The minimum atomic E-state index is 0.643. The molecule has 0 radical (unpaired) electrons. The molecule has 0 aromatic heterocycles. The van der Waals surface area contributed by atoms with E-state index in [2.05, 4.69) is 44.8 Å². The van der Waals surface area contributed by atoms with E-state index in [1.54, 1.807) is 0 Å². The first kappa shape index (κ1) is 8.74. The van der Waals surface area contributed by atoms with Gasteiger partial charge in [0.05, 0.1) is 5.69 Å². The van der Waals surface area contributed by atoms with Crippen LogP contribution in [0.25, 0.3) is 0 Å². The largest absolute Gasteiger partial charge is 0.380 e. The van der Waals surface area contributed by atoms with Crippen molar-refractivity contribution in [2.75, 3.05) is 18.4 Å². The fraction of sp³-hybridized carbons (Fsp3) is 0.455. The summed E-state index contributed by atoms with van der Waals surface area (Å²) in [5.74, 6) is 0.663. The second kappa shape index (κ2) is 3.24. The number of nitrogens with one attached hydrogen (secondary N) is 2. The Kier molecular flexibility index (Phi) is 2.03. The van der Waals surface area contributed by atoms with Crippen molar-refractivity contribution in [1.29, 1.82) is 0 Å². The van der Waals surface area contributed by atoms with Gasteiger partial charge in [0.15, 0.2) is 0 Å². The van der Waals surface area contributed by atoms with Crippen molar-refractivity contribution in [2.24, 2.45) is 0 Å². The van der Waals surface area contributed by atoms with E-state index in [0.29, 0.717) is 12.0 Å². The van der Waals surface area contributed by atoms with Crippen LogP contribution in [0.3, 0.4) is 0 Å². The predicted octanol–water partition coefficient (Wildman–Crippen LogP) is 2.32. The molecule has 1 aromatic rings. The first-order valence-corrected chi connectivity index (χ1v) is 5.91. The number of piperidine rings is 1. The Bertz CT molecular complexity index is 364. The summed E-state index contributed by atoms with van der Waals surface area (Å²) in [6.45, 7) is 2.25. The number of benzene rings is 1. The standard InChI is InChI=1S/C11H13BrN2/c12-9-3-1-2-7-8-6-13-5-4-10(8)14-11(7)9/h1-3,8,10,13-14H,4-6H2. The van der Waals surface area contributed by atoms with Crippen molar-refractivity contribution in [3.63, 3.8) is 0 Å². The smallest absolute Gasteiger partial charge is 0.0523 e. The molecule has 1 fully saturated rings. The van der Waals surface area contributed by atoms with E-state index < -0.39 is 0 Å². The Labute approximate surface area is 92.2 Å². The van der Waals surface area contributed by atoms with Crippen LogP contribution in [0.1, 0.15) is 17.9 Å². The van der Waals surface area contributed by atoms with Crippen molar-refractivity contribution in [3.05, 3.63) is 28.2 Å². The third-order valence-electron chi connectivity index (χ3n) is 3.26. The fourth-order valence-corrected chi connectivity index (χ4v) is 3.04. The summed E-state index contributed by atoms with van der Waals surface area (Å²) < 4.78 is 1.20. The molecule has 14 heavy (non-hydrogen) atoms. The molecule has 0 spiro atoms. The van der Waals surface area contributed by atoms with Gasteiger partial charge in [-0.2, -0.15) is 0 Å². The van der Waals surface area contributed by atoms with Crippen LogP contribution in [-0.4, -0.2) is 19.1 Å². The molecule has 0 bridgehead atoms. The van der Waals surface area contributed by atoms with E-state index in [9.17, 15) is 0 Å². The Morgan fingerprint density at radius 3 is 3.21 bits per heavy atom. The molecule has 1 aromatic carbocycles. The Morgan fingerprint density at radius 1 is 1.36 bits per heavy atom. The van der Waals surface area contributed by atoms with Crippen LogP contribution in [0.5, 0.6) is 0 Å². The summed E-state index contributed by atoms with van der Waals surface area (Å²) in [5.41, 5.74) is 2.78. The molecule has 2 N–H and O–H groups in total. The van der Waals surface area contributed by atoms with Crippen LogP contribution in [0.15, 0.2) is 22.7 Å². The number of halogens is 1. The van der Waals surface area contributed by atoms with Crippen molar-refractivity contribution < 1.29 is 0 Å². The SMILES string of the molecule is Brc1cccc2c1NC1CCNCC21. The Morgan fingerprint density at radius 2 is 2.29 bits per heavy atom. The van der Waals surface area contributed by atoms with Gasteiger partial charge in [0, 0.05) is 23.0 Å². The quantitative estimate of drug-likeness (QED) is 0.741. The van der Waals surface area contributed by atoms with Crippen LogP contribution < -0.4 is 10.6 Å². The van der Waals surface area contributed by atoms with E-state index >= 15 is 0 Å². The Balaban J connectivity index is 2.05. The molecule has 0 saturated carbocycles. The topological polar surface area (TPSA) is 24.1 Å². The lowest BCUT2D eigenvalue weighted by Crippen LogP contribution is -2.38. The molecule has 1 saturated heterocycles. The minimum Gasteiger partial charge on any atom is -0.380 e. The molecular formula is C11H13BrN2. The minimum absolute atomic E-state index is 0.643. The third-order valence-corrected chi connectivity index (χ3v) is 3.92. The second-order valence-corrected chi connectivity index (χ2v) is 4.91. The summed E-state index contributed by atoms with van der Waals surface area (Å²) in [5, 5.41) is 7.08. The zero-order valence-electron chi connectivity index (χ0n) is 7.89. The van der Waals surface area contributed by atoms with Gasteiger partial charge in [-0.3, -0.25) is 0 Å². The summed E-state index contributed by atoms with van der Waals surface area (Å²) >= 11 is 3.60. The molecule has 2 aliphatic rings. The highest BCUT2D eigenvalue weighted by Crippen LogP contribution is 2.41. The van der Waals surface area contributed by atoms with Crippen LogP contribution in [-0.2, 0) is 0 Å². The number of hydrogen-bond donors (Lipinski definition) is 2. The molecule has 2 nitrogen and oxygen atoms in total. The van der Waals surface area contributed by atoms with Gasteiger partial charge in [-0.15, -0.1) is 0 Å². The van der Waals surface area contributed by atoms with Gasteiger partial charge in [0.25, 0.3) is 0 Å². The molecule has 0 amide bonds. The molecule has 3 heteroatoms. The highest BCUT2D eigenvalue weighted by Gasteiger charge is 2.34. The molecule has 74 valence electrons. The van der Waals surface area contributed by atoms with E-state index in [1.807, 2.05) is 0 Å². The zero-order valence-corrected chi connectivity index (χ0v) is 9.47. The fourth-order valence-electron chi connectivity index (χ4n) is 2.55. The summed E-state index contributed by atoms with van der Waals surface area (Å²) in [7, 11) is 0. The van der Waals surface area contributed by atoms with Gasteiger partial charge >= 0.3 is 0 Å². The van der Waals surface area contributed by atoms with Gasteiger partial charge in [-0.25, -0.2) is 0 Å². The zero-order chi connectivity index (χ0) is 9.54.